The van der Waals surface area contributed by atoms with E-state index >= 15 is 0 Å². The number of primary amides is 1. The molecular weight excluding hydrogens is 294 g/mol. The fourth-order valence-corrected chi connectivity index (χ4v) is 3.93. The molecule has 0 spiro atoms. The summed E-state index contributed by atoms with van der Waals surface area (Å²) >= 11 is 8.07. The van der Waals surface area contributed by atoms with Gasteiger partial charge < -0.3 is 16.8 Å². The van der Waals surface area contributed by atoms with Gasteiger partial charge in [0.05, 0.1) is 16.3 Å². The van der Waals surface area contributed by atoms with Gasteiger partial charge in [0.25, 0.3) is 5.91 Å². The summed E-state index contributed by atoms with van der Waals surface area (Å²) < 4.78 is 0.222. The van der Waals surface area contributed by atoms with E-state index in [2.05, 4.69) is 11.6 Å². The first-order chi connectivity index (χ1) is 9.47. The zero-order valence-electron chi connectivity index (χ0n) is 11.5. The summed E-state index contributed by atoms with van der Waals surface area (Å²) in [5, 5.41) is 3.75. The van der Waals surface area contributed by atoms with Crippen molar-refractivity contribution in [1.29, 1.82) is 0 Å². The number of carbonyl (C=O) groups excluding carboxylic acids is 1. The highest BCUT2D eigenvalue weighted by atomic mass is 35.5. The van der Waals surface area contributed by atoms with E-state index in [9.17, 15) is 4.79 Å². The second-order valence-electron chi connectivity index (χ2n) is 5.24. The van der Waals surface area contributed by atoms with Crippen LogP contribution < -0.4 is 16.8 Å². The lowest BCUT2D eigenvalue weighted by Crippen LogP contribution is -2.31. The van der Waals surface area contributed by atoms with Crippen LogP contribution in [0, 0.1) is 0 Å². The SMILES string of the molecule is CSC1(CNc2c(Cl)cc(N)cc2C(N)=O)CCCC1. The molecule has 1 amide bonds. The Kier molecular flexibility index (Phi) is 4.70. The number of nitrogens with two attached hydrogens (primary N) is 2. The van der Waals surface area contributed by atoms with Gasteiger partial charge in [0.1, 0.15) is 0 Å². The van der Waals surface area contributed by atoms with Crippen molar-refractivity contribution >= 4 is 40.6 Å². The minimum atomic E-state index is -0.522. The third kappa shape index (κ3) is 3.15. The highest BCUT2D eigenvalue weighted by Gasteiger charge is 2.33. The van der Waals surface area contributed by atoms with Gasteiger partial charge >= 0.3 is 0 Å². The first-order valence-electron chi connectivity index (χ1n) is 6.65. The molecule has 0 bridgehead atoms. The topological polar surface area (TPSA) is 81.1 Å². The van der Waals surface area contributed by atoms with Gasteiger partial charge in [0.2, 0.25) is 0 Å². The molecule has 0 saturated heterocycles. The molecule has 1 fully saturated rings. The van der Waals surface area contributed by atoms with Crippen molar-refractivity contribution in [3.05, 3.63) is 22.7 Å². The summed E-state index contributed by atoms with van der Waals surface area (Å²) in [5.74, 6) is -0.522. The molecule has 0 aromatic heterocycles. The zero-order valence-corrected chi connectivity index (χ0v) is 13.1. The van der Waals surface area contributed by atoms with E-state index in [4.69, 9.17) is 23.1 Å². The number of hydrogen-bond donors (Lipinski definition) is 3. The van der Waals surface area contributed by atoms with Crippen LogP contribution >= 0.6 is 23.4 Å². The Morgan fingerprint density at radius 2 is 2.10 bits per heavy atom. The molecule has 1 aromatic rings. The molecule has 2 rings (SSSR count). The number of benzene rings is 1. The highest BCUT2D eigenvalue weighted by molar-refractivity contribution is 8.00. The molecule has 0 atom stereocenters. The van der Waals surface area contributed by atoms with Gasteiger partial charge in [-0.2, -0.15) is 11.8 Å². The van der Waals surface area contributed by atoms with Gasteiger partial charge in [0, 0.05) is 17.0 Å². The van der Waals surface area contributed by atoms with Gasteiger partial charge in [-0.3, -0.25) is 4.79 Å². The van der Waals surface area contributed by atoms with Gasteiger partial charge in [-0.1, -0.05) is 24.4 Å². The van der Waals surface area contributed by atoms with E-state index in [1.807, 2.05) is 11.8 Å². The highest BCUT2D eigenvalue weighted by Crippen LogP contribution is 2.41. The number of anilines is 2. The van der Waals surface area contributed by atoms with Crippen LogP contribution in [0.1, 0.15) is 36.0 Å². The molecule has 20 heavy (non-hydrogen) atoms. The zero-order chi connectivity index (χ0) is 14.8. The van der Waals surface area contributed by atoms with Crippen molar-refractivity contribution in [3.63, 3.8) is 0 Å². The van der Waals surface area contributed by atoms with Gasteiger partial charge in [-0.05, 0) is 31.2 Å². The van der Waals surface area contributed by atoms with Gasteiger partial charge in [0.15, 0.2) is 0 Å². The molecule has 0 aliphatic heterocycles. The van der Waals surface area contributed by atoms with Crippen LogP contribution in [0.4, 0.5) is 11.4 Å². The maximum atomic E-state index is 11.5. The van der Waals surface area contributed by atoms with E-state index in [1.165, 1.54) is 25.7 Å². The lowest BCUT2D eigenvalue weighted by Gasteiger charge is -2.28. The lowest BCUT2D eigenvalue weighted by molar-refractivity contribution is 0.100. The fraction of sp³-hybridized carbons (Fsp3) is 0.500. The van der Waals surface area contributed by atoms with Crippen molar-refractivity contribution in [2.45, 2.75) is 30.4 Å². The summed E-state index contributed by atoms with van der Waals surface area (Å²) in [7, 11) is 0. The second-order valence-corrected chi connectivity index (χ2v) is 6.92. The van der Waals surface area contributed by atoms with Crippen molar-refractivity contribution in [1.82, 2.24) is 0 Å². The normalized spacial score (nSPS) is 17.1. The van der Waals surface area contributed by atoms with Gasteiger partial charge in [-0.25, -0.2) is 0 Å². The summed E-state index contributed by atoms with van der Waals surface area (Å²) in [4.78, 5) is 11.5. The van der Waals surface area contributed by atoms with Crippen LogP contribution in [0.2, 0.25) is 5.02 Å². The number of rotatable bonds is 5. The number of thioether (sulfide) groups is 1. The van der Waals surface area contributed by atoms with Crippen LogP contribution in [0.25, 0.3) is 0 Å². The molecule has 1 saturated carbocycles. The van der Waals surface area contributed by atoms with Crippen molar-refractivity contribution < 1.29 is 4.79 Å². The Hall–Kier alpha value is -1.07. The monoisotopic (exact) mass is 313 g/mol. The van der Waals surface area contributed by atoms with Crippen LogP contribution in [-0.2, 0) is 0 Å². The van der Waals surface area contributed by atoms with Gasteiger partial charge in [-0.15, -0.1) is 0 Å². The number of nitrogen functional groups attached to an aromatic ring is 1. The first-order valence-corrected chi connectivity index (χ1v) is 8.25. The molecule has 1 aromatic carbocycles. The summed E-state index contributed by atoms with van der Waals surface area (Å²) in [6.07, 6.45) is 6.99. The summed E-state index contributed by atoms with van der Waals surface area (Å²) in [5.41, 5.74) is 12.5. The number of amides is 1. The average Bonchev–Trinajstić information content (AvgIpc) is 2.86. The van der Waals surface area contributed by atoms with Crippen LogP contribution in [0.3, 0.4) is 0 Å². The quantitative estimate of drug-likeness (QED) is 0.730. The molecule has 0 radical (unpaired) electrons. The second kappa shape index (κ2) is 6.14. The number of carbonyl (C=O) groups is 1. The first kappa shape index (κ1) is 15.3. The van der Waals surface area contributed by atoms with E-state index < -0.39 is 5.91 Å². The number of nitrogens with one attached hydrogen (secondary N) is 1. The van der Waals surface area contributed by atoms with Crippen molar-refractivity contribution in [3.8, 4) is 0 Å². The molecule has 4 nitrogen and oxygen atoms in total. The fourth-order valence-electron chi connectivity index (χ4n) is 2.72. The van der Waals surface area contributed by atoms with E-state index in [0.29, 0.717) is 22.0 Å². The Labute approximate surface area is 128 Å². The molecule has 1 aliphatic carbocycles. The predicted molar refractivity (Wildman–Crippen MR) is 87.6 cm³/mol. The largest absolute Gasteiger partial charge is 0.399 e. The molecule has 0 unspecified atom stereocenters. The minimum absolute atomic E-state index is 0.222. The standard InChI is InChI=1S/C14H20ClN3OS/c1-20-14(4-2-3-5-14)8-18-12-10(13(17)19)6-9(16)7-11(12)15/h6-7,18H,2-5,8,16H2,1H3,(H2,17,19). The van der Waals surface area contributed by atoms with Crippen molar-refractivity contribution in [2.75, 3.05) is 23.9 Å². The van der Waals surface area contributed by atoms with Crippen molar-refractivity contribution in [2.24, 2.45) is 5.73 Å². The molecule has 110 valence electrons. The van der Waals surface area contributed by atoms with E-state index in [0.717, 1.165) is 6.54 Å². The minimum Gasteiger partial charge on any atom is -0.399 e. The van der Waals surface area contributed by atoms with Crippen LogP contribution in [0.5, 0.6) is 0 Å². The summed E-state index contributed by atoms with van der Waals surface area (Å²) in [6, 6.07) is 3.20. The molecular formula is C14H20ClN3OS. The maximum Gasteiger partial charge on any atom is 0.250 e. The predicted octanol–water partition coefficient (Wildman–Crippen LogP) is 3.11. The van der Waals surface area contributed by atoms with Crippen LogP contribution in [-0.4, -0.2) is 23.5 Å². The van der Waals surface area contributed by atoms with Crippen LogP contribution in [0.15, 0.2) is 12.1 Å². The molecule has 1 aliphatic rings. The maximum absolute atomic E-state index is 11.5. The lowest BCUT2D eigenvalue weighted by atomic mass is 10.1. The van der Waals surface area contributed by atoms with E-state index in [-0.39, 0.29) is 4.75 Å². The Balaban J connectivity index is 2.22. The molecule has 0 heterocycles. The average molecular weight is 314 g/mol. The third-order valence-electron chi connectivity index (χ3n) is 3.91. The third-order valence-corrected chi connectivity index (χ3v) is 5.63. The Bertz CT molecular complexity index is 515. The number of halogens is 1. The summed E-state index contributed by atoms with van der Waals surface area (Å²) in [6.45, 7) is 0.776. The smallest absolute Gasteiger partial charge is 0.250 e. The Morgan fingerprint density at radius 1 is 1.45 bits per heavy atom. The molecule has 5 N–H and O–H groups in total. The molecule has 6 heteroatoms. The Morgan fingerprint density at radius 3 is 2.65 bits per heavy atom. The van der Waals surface area contributed by atoms with E-state index in [1.54, 1.807) is 12.1 Å². The number of hydrogen-bond acceptors (Lipinski definition) is 4.